The van der Waals surface area contributed by atoms with Gasteiger partial charge in [0.15, 0.2) is 0 Å². The summed E-state index contributed by atoms with van der Waals surface area (Å²) in [6.45, 7) is 1.98. The first-order chi connectivity index (χ1) is 8.25. The Bertz CT molecular complexity index is 512. The first-order valence-corrected chi connectivity index (χ1v) is 5.76. The average Bonchev–Trinajstić information content (AvgIpc) is 2.33. The van der Waals surface area contributed by atoms with E-state index >= 15 is 0 Å². The molecule has 0 bridgehead atoms. The van der Waals surface area contributed by atoms with Gasteiger partial charge in [-0.25, -0.2) is 0 Å². The number of phenolic OH excluding ortho intramolecular Hbond substituents is 1. The molecule has 1 nitrogen and oxygen atoms in total. The highest BCUT2D eigenvalue weighted by Gasteiger charge is 1.98. The van der Waals surface area contributed by atoms with E-state index in [1.54, 1.807) is 6.07 Å². The second-order valence-corrected chi connectivity index (χ2v) is 4.15. The van der Waals surface area contributed by atoms with Crippen LogP contribution in [0.25, 0.3) is 6.08 Å². The van der Waals surface area contributed by atoms with E-state index in [4.69, 9.17) is 0 Å². The van der Waals surface area contributed by atoms with Gasteiger partial charge >= 0.3 is 0 Å². The lowest BCUT2D eigenvalue weighted by Crippen LogP contribution is -1.83. The quantitative estimate of drug-likeness (QED) is 0.836. The molecule has 0 spiro atoms. The molecule has 0 aliphatic carbocycles. The van der Waals surface area contributed by atoms with E-state index in [2.05, 4.69) is 24.3 Å². The fourth-order valence-corrected chi connectivity index (χ4v) is 1.73. The maximum absolute atomic E-state index is 9.75. The molecule has 86 valence electrons. The molecule has 0 aromatic heterocycles. The molecule has 0 radical (unpaired) electrons. The Hall–Kier alpha value is -2.02. The standard InChI is InChI=1S/C16H16O/c1-13-10-11-15(16(17)12-13)9-5-8-14-6-3-2-4-7-14/h2-8,10-12,17H,9H2,1H3/b8-5+. The molecular formula is C16H16O. The van der Waals surface area contributed by atoms with Gasteiger partial charge in [-0.2, -0.15) is 0 Å². The van der Waals surface area contributed by atoms with Crippen LogP contribution < -0.4 is 0 Å². The van der Waals surface area contributed by atoms with E-state index < -0.39 is 0 Å². The van der Waals surface area contributed by atoms with Crippen LogP contribution >= 0.6 is 0 Å². The molecule has 2 aromatic carbocycles. The Balaban J connectivity index is 2.05. The van der Waals surface area contributed by atoms with Crippen molar-refractivity contribution in [2.45, 2.75) is 13.3 Å². The van der Waals surface area contributed by atoms with Crippen molar-refractivity contribution in [1.29, 1.82) is 0 Å². The summed E-state index contributed by atoms with van der Waals surface area (Å²) in [7, 11) is 0. The zero-order valence-electron chi connectivity index (χ0n) is 9.93. The van der Waals surface area contributed by atoms with E-state index in [0.29, 0.717) is 5.75 Å². The zero-order chi connectivity index (χ0) is 12.1. The van der Waals surface area contributed by atoms with Crippen molar-refractivity contribution >= 4 is 6.08 Å². The highest BCUT2D eigenvalue weighted by atomic mass is 16.3. The van der Waals surface area contributed by atoms with E-state index in [0.717, 1.165) is 17.5 Å². The Morgan fingerprint density at radius 1 is 1.06 bits per heavy atom. The van der Waals surface area contributed by atoms with E-state index in [-0.39, 0.29) is 0 Å². The molecule has 2 rings (SSSR count). The van der Waals surface area contributed by atoms with Crippen molar-refractivity contribution < 1.29 is 5.11 Å². The van der Waals surface area contributed by atoms with E-state index in [1.165, 1.54) is 5.56 Å². The number of benzene rings is 2. The summed E-state index contributed by atoms with van der Waals surface area (Å²) in [5.74, 6) is 0.378. The van der Waals surface area contributed by atoms with Crippen LogP contribution in [-0.4, -0.2) is 5.11 Å². The minimum Gasteiger partial charge on any atom is -0.508 e. The van der Waals surface area contributed by atoms with Crippen molar-refractivity contribution in [3.63, 3.8) is 0 Å². The Morgan fingerprint density at radius 3 is 2.53 bits per heavy atom. The highest BCUT2D eigenvalue weighted by Crippen LogP contribution is 2.19. The lowest BCUT2D eigenvalue weighted by molar-refractivity contribution is 0.469. The predicted molar refractivity (Wildman–Crippen MR) is 72.0 cm³/mol. The van der Waals surface area contributed by atoms with Gasteiger partial charge in [0.25, 0.3) is 0 Å². The Kier molecular flexibility index (Phi) is 3.61. The molecule has 0 amide bonds. The second kappa shape index (κ2) is 5.35. The fraction of sp³-hybridized carbons (Fsp3) is 0.125. The molecule has 0 saturated heterocycles. The van der Waals surface area contributed by atoms with Crippen molar-refractivity contribution in [2.75, 3.05) is 0 Å². The SMILES string of the molecule is Cc1ccc(C/C=C/c2ccccc2)c(O)c1. The van der Waals surface area contributed by atoms with Gasteiger partial charge in [-0.3, -0.25) is 0 Å². The van der Waals surface area contributed by atoms with Gasteiger partial charge in [0, 0.05) is 0 Å². The van der Waals surface area contributed by atoms with Crippen LogP contribution in [0.2, 0.25) is 0 Å². The number of hydrogen-bond acceptors (Lipinski definition) is 1. The van der Waals surface area contributed by atoms with Crippen LogP contribution in [0.1, 0.15) is 16.7 Å². The zero-order valence-corrected chi connectivity index (χ0v) is 9.93. The molecule has 0 unspecified atom stereocenters. The molecule has 0 aliphatic heterocycles. The summed E-state index contributed by atoms with van der Waals surface area (Å²) in [5.41, 5.74) is 3.22. The van der Waals surface area contributed by atoms with Gasteiger partial charge in [-0.15, -0.1) is 0 Å². The van der Waals surface area contributed by atoms with Gasteiger partial charge in [-0.05, 0) is 36.1 Å². The third-order valence-electron chi connectivity index (χ3n) is 2.69. The molecule has 17 heavy (non-hydrogen) atoms. The number of aryl methyl sites for hydroxylation is 1. The minimum absolute atomic E-state index is 0.378. The molecule has 0 atom stereocenters. The maximum atomic E-state index is 9.75. The van der Waals surface area contributed by atoms with E-state index in [1.807, 2.05) is 37.3 Å². The van der Waals surface area contributed by atoms with Gasteiger partial charge in [-0.1, -0.05) is 54.6 Å². The summed E-state index contributed by atoms with van der Waals surface area (Å²) < 4.78 is 0. The molecule has 2 aromatic rings. The summed E-state index contributed by atoms with van der Waals surface area (Å²) in [5, 5.41) is 9.75. The number of hydrogen-bond donors (Lipinski definition) is 1. The highest BCUT2D eigenvalue weighted by molar-refractivity contribution is 5.50. The summed E-state index contributed by atoms with van der Waals surface area (Å²) >= 11 is 0. The third-order valence-corrected chi connectivity index (χ3v) is 2.69. The monoisotopic (exact) mass is 224 g/mol. The molecule has 0 fully saturated rings. The molecule has 0 heterocycles. The van der Waals surface area contributed by atoms with Gasteiger partial charge in [0.2, 0.25) is 0 Å². The summed E-state index contributed by atoms with van der Waals surface area (Å²) in [4.78, 5) is 0. The van der Waals surface area contributed by atoms with Crippen LogP contribution in [0.4, 0.5) is 0 Å². The number of allylic oxidation sites excluding steroid dienone is 1. The van der Waals surface area contributed by atoms with Gasteiger partial charge < -0.3 is 5.11 Å². The second-order valence-electron chi connectivity index (χ2n) is 4.15. The lowest BCUT2D eigenvalue weighted by atomic mass is 10.1. The van der Waals surface area contributed by atoms with E-state index in [9.17, 15) is 5.11 Å². The molecule has 0 aliphatic rings. The first-order valence-electron chi connectivity index (χ1n) is 5.76. The third kappa shape index (κ3) is 3.22. The first kappa shape index (κ1) is 11.5. The molecular weight excluding hydrogens is 208 g/mol. The van der Waals surface area contributed by atoms with Crippen LogP contribution in [0, 0.1) is 6.92 Å². The van der Waals surface area contributed by atoms with Crippen molar-refractivity contribution in [1.82, 2.24) is 0 Å². The molecule has 1 N–H and O–H groups in total. The normalized spacial score (nSPS) is 10.9. The topological polar surface area (TPSA) is 20.2 Å². The minimum atomic E-state index is 0.378. The van der Waals surface area contributed by atoms with Crippen LogP contribution in [0.5, 0.6) is 5.75 Å². The molecule has 1 heteroatoms. The summed E-state index contributed by atoms with van der Waals surface area (Å²) in [6, 6.07) is 15.9. The van der Waals surface area contributed by atoms with Crippen LogP contribution in [0.15, 0.2) is 54.6 Å². The maximum Gasteiger partial charge on any atom is 0.119 e. The lowest BCUT2D eigenvalue weighted by Gasteiger charge is -2.02. The van der Waals surface area contributed by atoms with Gasteiger partial charge in [0.1, 0.15) is 5.75 Å². The fourth-order valence-electron chi connectivity index (χ4n) is 1.73. The van der Waals surface area contributed by atoms with Crippen molar-refractivity contribution in [3.05, 3.63) is 71.3 Å². The number of phenols is 1. The van der Waals surface area contributed by atoms with Crippen molar-refractivity contribution in [3.8, 4) is 5.75 Å². The molecule has 0 saturated carbocycles. The Morgan fingerprint density at radius 2 is 1.82 bits per heavy atom. The van der Waals surface area contributed by atoms with Crippen molar-refractivity contribution in [2.24, 2.45) is 0 Å². The number of aromatic hydroxyl groups is 1. The largest absolute Gasteiger partial charge is 0.508 e. The van der Waals surface area contributed by atoms with Crippen LogP contribution in [0.3, 0.4) is 0 Å². The summed E-state index contributed by atoms with van der Waals surface area (Å²) in [6.07, 6.45) is 4.89. The predicted octanol–water partition coefficient (Wildman–Crippen LogP) is 3.96. The smallest absolute Gasteiger partial charge is 0.119 e. The van der Waals surface area contributed by atoms with Crippen LogP contribution in [-0.2, 0) is 6.42 Å². The number of rotatable bonds is 3. The average molecular weight is 224 g/mol. The Labute approximate surface area is 102 Å². The van der Waals surface area contributed by atoms with Gasteiger partial charge in [0.05, 0.1) is 0 Å².